The molecule has 1 saturated carbocycles. The van der Waals surface area contributed by atoms with Crippen molar-refractivity contribution in [3.63, 3.8) is 0 Å². The van der Waals surface area contributed by atoms with Crippen molar-refractivity contribution in [1.82, 2.24) is 29.0 Å². The van der Waals surface area contributed by atoms with Crippen LogP contribution in [-0.2, 0) is 4.79 Å². The third-order valence-electron chi connectivity index (χ3n) is 8.52. The predicted octanol–water partition coefficient (Wildman–Crippen LogP) is 6.07. The van der Waals surface area contributed by atoms with Crippen LogP contribution in [0.15, 0.2) is 55.1 Å². The van der Waals surface area contributed by atoms with Crippen LogP contribution in [0.2, 0.25) is 10.0 Å². The van der Waals surface area contributed by atoms with Crippen molar-refractivity contribution in [3.05, 3.63) is 70.9 Å². The lowest BCUT2D eigenvalue weighted by Gasteiger charge is -2.44. The molecule has 2 N–H and O–H groups in total. The van der Waals surface area contributed by atoms with Gasteiger partial charge in [-0.2, -0.15) is 5.10 Å². The van der Waals surface area contributed by atoms with Gasteiger partial charge in [-0.15, -0.1) is 0 Å². The molecule has 0 unspecified atom stereocenters. The summed E-state index contributed by atoms with van der Waals surface area (Å²) in [7, 11) is 0. The smallest absolute Gasteiger partial charge is 0.242 e. The van der Waals surface area contributed by atoms with Crippen LogP contribution in [-0.4, -0.2) is 53.6 Å². The first-order valence-electron chi connectivity index (χ1n) is 13.7. The molecule has 1 aliphatic heterocycles. The van der Waals surface area contributed by atoms with Crippen molar-refractivity contribution in [3.8, 4) is 22.4 Å². The number of fused-ring (bicyclic) bond motifs is 3. The summed E-state index contributed by atoms with van der Waals surface area (Å²) in [5.41, 5.74) is 11.7. The first-order chi connectivity index (χ1) is 19.3. The SMILES string of the molecule is Cc1c(-c2c(Cl)cccc2Cl)nc2c3cc(-c4cnn(C5CN(C(=O)C6(N)CCCCC6)C5)c4)cnc3ccn12. The van der Waals surface area contributed by atoms with Crippen LogP contribution in [0.4, 0.5) is 0 Å². The molecule has 0 atom stereocenters. The van der Waals surface area contributed by atoms with Gasteiger partial charge in [-0.25, -0.2) is 4.98 Å². The minimum absolute atomic E-state index is 0.0889. The molecule has 5 aromatic rings. The molecule has 0 bridgehead atoms. The largest absolute Gasteiger partial charge is 0.337 e. The van der Waals surface area contributed by atoms with E-state index in [0.29, 0.717) is 23.1 Å². The zero-order valence-corrected chi connectivity index (χ0v) is 23.7. The Morgan fingerprint density at radius 1 is 1.05 bits per heavy atom. The maximum absolute atomic E-state index is 13.0. The van der Waals surface area contributed by atoms with Gasteiger partial charge in [0, 0.05) is 59.5 Å². The Labute approximate surface area is 241 Å². The molecule has 1 aliphatic carbocycles. The molecule has 7 rings (SSSR count). The number of likely N-dealkylation sites (tertiary alicyclic amines) is 1. The van der Waals surface area contributed by atoms with Gasteiger partial charge in [-0.1, -0.05) is 48.5 Å². The fourth-order valence-electron chi connectivity index (χ4n) is 6.12. The lowest BCUT2D eigenvalue weighted by atomic mass is 9.81. The summed E-state index contributed by atoms with van der Waals surface area (Å²) in [6.45, 7) is 3.28. The minimum Gasteiger partial charge on any atom is -0.337 e. The van der Waals surface area contributed by atoms with E-state index < -0.39 is 5.54 Å². The van der Waals surface area contributed by atoms with E-state index >= 15 is 0 Å². The second-order valence-corrected chi connectivity index (χ2v) is 11.9. The van der Waals surface area contributed by atoms with Gasteiger partial charge >= 0.3 is 0 Å². The summed E-state index contributed by atoms with van der Waals surface area (Å²) in [6, 6.07) is 9.70. The number of halogens is 2. The van der Waals surface area contributed by atoms with Crippen LogP contribution < -0.4 is 5.73 Å². The lowest BCUT2D eigenvalue weighted by Crippen LogP contribution is -2.62. The number of nitrogens with two attached hydrogens (primary N) is 1. The molecule has 8 nitrogen and oxygen atoms in total. The zero-order valence-electron chi connectivity index (χ0n) is 22.1. The molecule has 4 aromatic heterocycles. The zero-order chi connectivity index (χ0) is 27.6. The van der Waals surface area contributed by atoms with Crippen LogP contribution >= 0.6 is 23.2 Å². The molecular weight excluding hydrogens is 545 g/mol. The number of carbonyl (C=O) groups excluding carboxylic acids is 1. The maximum atomic E-state index is 13.0. The number of rotatable bonds is 4. The number of aromatic nitrogens is 5. The molecule has 5 heterocycles. The highest BCUT2D eigenvalue weighted by Crippen LogP contribution is 2.38. The van der Waals surface area contributed by atoms with Gasteiger partial charge < -0.3 is 15.0 Å². The van der Waals surface area contributed by atoms with Crippen molar-refractivity contribution < 1.29 is 4.79 Å². The maximum Gasteiger partial charge on any atom is 0.242 e. The summed E-state index contributed by atoms with van der Waals surface area (Å²) in [4.78, 5) is 24.6. The van der Waals surface area contributed by atoms with Gasteiger partial charge in [0.1, 0.15) is 5.65 Å². The first kappa shape index (κ1) is 25.5. The Morgan fingerprint density at radius 3 is 2.55 bits per heavy atom. The Balaban J connectivity index is 1.17. The second-order valence-electron chi connectivity index (χ2n) is 11.1. The van der Waals surface area contributed by atoms with Crippen LogP contribution in [0, 0.1) is 6.92 Å². The third kappa shape index (κ3) is 4.08. The number of imidazole rings is 1. The number of aryl methyl sites for hydroxylation is 1. The molecule has 2 fully saturated rings. The molecule has 40 heavy (non-hydrogen) atoms. The van der Waals surface area contributed by atoms with Gasteiger partial charge in [-0.05, 0) is 44.0 Å². The van der Waals surface area contributed by atoms with Crippen LogP contribution in [0.5, 0.6) is 0 Å². The van der Waals surface area contributed by atoms with E-state index in [0.717, 1.165) is 76.7 Å². The van der Waals surface area contributed by atoms with Crippen molar-refractivity contribution in [1.29, 1.82) is 0 Å². The number of pyridine rings is 2. The number of nitrogens with zero attached hydrogens (tertiary/aromatic N) is 6. The molecule has 1 amide bonds. The van der Waals surface area contributed by atoms with Crippen LogP contribution in [0.1, 0.15) is 43.8 Å². The van der Waals surface area contributed by atoms with Gasteiger partial charge in [0.15, 0.2) is 0 Å². The Bertz CT molecular complexity index is 1760. The average Bonchev–Trinajstić information content (AvgIpc) is 3.53. The summed E-state index contributed by atoms with van der Waals surface area (Å²) in [5, 5.41) is 6.67. The van der Waals surface area contributed by atoms with E-state index in [1.807, 2.05) is 70.0 Å². The summed E-state index contributed by atoms with van der Waals surface area (Å²) < 4.78 is 3.99. The average molecular weight is 575 g/mol. The Morgan fingerprint density at radius 2 is 1.80 bits per heavy atom. The number of amides is 1. The van der Waals surface area contributed by atoms with E-state index in [-0.39, 0.29) is 11.9 Å². The molecule has 204 valence electrons. The van der Waals surface area contributed by atoms with Gasteiger partial charge in [0.05, 0.1) is 39.0 Å². The minimum atomic E-state index is -0.692. The van der Waals surface area contributed by atoms with Crippen LogP contribution in [0.3, 0.4) is 0 Å². The molecule has 0 spiro atoms. The summed E-state index contributed by atoms with van der Waals surface area (Å²) in [5.74, 6) is 0.0889. The standard InChI is InChI=1S/C30H29Cl2N7O/c1-18-27(26-23(31)6-5-7-24(26)32)36-28-22-12-19(13-34-25(22)8-11-38(18)28)20-14-35-39(15-20)21-16-37(17-21)29(40)30(33)9-3-2-4-10-30/h5-8,11-15,21H,2-4,9-10,16-17,33H2,1H3. The molecule has 10 heteroatoms. The van der Waals surface area contributed by atoms with E-state index in [4.69, 9.17) is 38.9 Å². The van der Waals surface area contributed by atoms with Gasteiger partial charge in [0.25, 0.3) is 0 Å². The fraction of sp³-hybridized carbons (Fsp3) is 0.333. The van der Waals surface area contributed by atoms with Crippen molar-refractivity contribution >= 4 is 45.7 Å². The van der Waals surface area contributed by atoms with E-state index in [1.165, 1.54) is 0 Å². The van der Waals surface area contributed by atoms with Crippen molar-refractivity contribution in [2.45, 2.75) is 50.6 Å². The highest BCUT2D eigenvalue weighted by molar-refractivity contribution is 6.39. The van der Waals surface area contributed by atoms with E-state index in [2.05, 4.69) is 11.2 Å². The predicted molar refractivity (Wildman–Crippen MR) is 158 cm³/mol. The second kappa shape index (κ2) is 9.58. The van der Waals surface area contributed by atoms with Crippen molar-refractivity contribution in [2.75, 3.05) is 13.1 Å². The van der Waals surface area contributed by atoms with Gasteiger partial charge in [0.2, 0.25) is 5.91 Å². The monoisotopic (exact) mass is 573 g/mol. The lowest BCUT2D eigenvalue weighted by molar-refractivity contribution is -0.144. The fourth-order valence-corrected chi connectivity index (χ4v) is 6.70. The third-order valence-corrected chi connectivity index (χ3v) is 9.15. The highest BCUT2D eigenvalue weighted by atomic mass is 35.5. The Hall–Kier alpha value is -3.46. The summed E-state index contributed by atoms with van der Waals surface area (Å²) >= 11 is 13.0. The first-order valence-corrected chi connectivity index (χ1v) is 14.4. The topological polar surface area (TPSA) is 94.3 Å². The number of carbonyl (C=O) groups is 1. The number of hydrogen-bond donors (Lipinski definition) is 1. The molecule has 2 aliphatic rings. The molecular formula is C30H29Cl2N7O. The normalized spacial score (nSPS) is 17.4. The molecule has 1 saturated heterocycles. The summed E-state index contributed by atoms with van der Waals surface area (Å²) in [6.07, 6.45) is 12.5. The number of benzene rings is 1. The van der Waals surface area contributed by atoms with Crippen LogP contribution in [0.25, 0.3) is 38.9 Å². The highest BCUT2D eigenvalue weighted by Gasteiger charge is 2.43. The molecule has 0 radical (unpaired) electrons. The molecule has 1 aromatic carbocycles. The van der Waals surface area contributed by atoms with E-state index in [1.54, 1.807) is 0 Å². The van der Waals surface area contributed by atoms with E-state index in [9.17, 15) is 4.79 Å². The van der Waals surface area contributed by atoms with Gasteiger partial charge in [-0.3, -0.25) is 14.5 Å². The quantitative estimate of drug-likeness (QED) is 0.281. The van der Waals surface area contributed by atoms with Crippen molar-refractivity contribution in [2.24, 2.45) is 5.73 Å². The Kier molecular flexibility index (Phi) is 6.11. The number of hydrogen-bond acceptors (Lipinski definition) is 5.